The number of benzene rings is 1. The van der Waals surface area contributed by atoms with Gasteiger partial charge < -0.3 is 5.32 Å². The summed E-state index contributed by atoms with van der Waals surface area (Å²) in [5.74, 6) is 1.92. The minimum atomic E-state index is -0.161. The molecule has 2 saturated carbocycles. The predicted molar refractivity (Wildman–Crippen MR) is 155 cm³/mol. The van der Waals surface area contributed by atoms with Crippen LogP contribution < -0.4 is 5.32 Å². The number of piperidine rings is 1. The van der Waals surface area contributed by atoms with Gasteiger partial charge >= 0.3 is 6.03 Å². The summed E-state index contributed by atoms with van der Waals surface area (Å²) in [5.41, 5.74) is 3.63. The number of fused-ring (bicyclic) bond motifs is 5. The molecule has 4 aliphatic rings. The molecule has 0 spiro atoms. The Bertz CT molecular complexity index is 1120. The molecule has 0 bridgehead atoms. The predicted octanol–water partition coefficient (Wildman–Crippen LogP) is 8.18. The molecule has 6 atom stereocenters. The molecule has 0 radical (unpaired) electrons. The third-order valence-electron chi connectivity index (χ3n) is 11.0. The molecular formula is C34H50N2O2. The van der Waals surface area contributed by atoms with Crippen molar-refractivity contribution in [1.82, 2.24) is 10.2 Å². The molecule has 1 aliphatic heterocycles. The van der Waals surface area contributed by atoms with Gasteiger partial charge in [0.1, 0.15) is 0 Å². The van der Waals surface area contributed by atoms with Gasteiger partial charge in [0.05, 0.1) is 6.04 Å². The van der Waals surface area contributed by atoms with Crippen molar-refractivity contribution >= 4 is 11.8 Å². The number of nitrogens with one attached hydrogen (secondary N) is 1. The smallest absolute Gasteiger partial charge is 0.322 e. The molecule has 1 N–H and O–H groups in total. The van der Waals surface area contributed by atoms with E-state index >= 15 is 0 Å². The van der Waals surface area contributed by atoms with E-state index in [9.17, 15) is 9.59 Å². The van der Waals surface area contributed by atoms with Gasteiger partial charge in [-0.25, -0.2) is 4.79 Å². The van der Waals surface area contributed by atoms with Crippen LogP contribution >= 0.6 is 0 Å². The minimum Gasteiger partial charge on any atom is -0.330 e. The third-order valence-corrected chi connectivity index (χ3v) is 11.0. The highest BCUT2D eigenvalue weighted by molar-refractivity contribution is 5.92. The first-order chi connectivity index (χ1) is 17.6. The lowest BCUT2D eigenvalue weighted by atomic mass is 9.50. The molecule has 2 amide bonds. The van der Waals surface area contributed by atoms with Crippen molar-refractivity contribution in [2.75, 3.05) is 6.54 Å². The Kier molecular flexibility index (Phi) is 6.68. The van der Waals surface area contributed by atoms with E-state index in [-0.39, 0.29) is 34.1 Å². The van der Waals surface area contributed by atoms with Gasteiger partial charge in [-0.1, -0.05) is 86.1 Å². The highest BCUT2D eigenvalue weighted by Crippen LogP contribution is 2.64. The molecule has 3 fully saturated rings. The third kappa shape index (κ3) is 4.64. The summed E-state index contributed by atoms with van der Waals surface area (Å²) < 4.78 is 0. The fraction of sp³-hybridized carbons (Fsp3) is 0.706. The van der Waals surface area contributed by atoms with E-state index in [1.807, 2.05) is 11.0 Å². The van der Waals surface area contributed by atoms with Crippen LogP contribution in [0, 0.1) is 34.0 Å². The molecule has 1 unspecified atom stereocenters. The van der Waals surface area contributed by atoms with Crippen molar-refractivity contribution in [1.29, 1.82) is 0 Å². The largest absolute Gasteiger partial charge is 0.330 e. The number of amides is 2. The summed E-state index contributed by atoms with van der Waals surface area (Å²) >= 11 is 0. The summed E-state index contributed by atoms with van der Waals surface area (Å²) in [6.07, 6.45) is 9.72. The van der Waals surface area contributed by atoms with Crippen LogP contribution in [0.4, 0.5) is 4.79 Å². The molecule has 38 heavy (non-hydrogen) atoms. The molecule has 4 nitrogen and oxygen atoms in total. The highest BCUT2D eigenvalue weighted by Gasteiger charge is 2.59. The second kappa shape index (κ2) is 9.24. The molecule has 0 aromatic heterocycles. The molecule has 1 aromatic carbocycles. The van der Waals surface area contributed by atoms with Crippen molar-refractivity contribution in [2.24, 2.45) is 34.0 Å². The lowest BCUT2D eigenvalue weighted by Gasteiger charge is -2.59. The van der Waals surface area contributed by atoms with Gasteiger partial charge in [0.25, 0.3) is 0 Å². The second-order valence-electron chi connectivity index (χ2n) is 15.6. The van der Waals surface area contributed by atoms with Crippen LogP contribution in [0.2, 0.25) is 0 Å². The Labute approximate surface area is 231 Å². The molecular weight excluding hydrogens is 468 g/mol. The van der Waals surface area contributed by atoms with Crippen molar-refractivity contribution in [3.05, 3.63) is 47.2 Å². The minimum absolute atomic E-state index is 0.0410. The topological polar surface area (TPSA) is 49.4 Å². The monoisotopic (exact) mass is 518 g/mol. The van der Waals surface area contributed by atoms with Gasteiger partial charge in [0.2, 0.25) is 0 Å². The van der Waals surface area contributed by atoms with E-state index in [2.05, 4.69) is 85.0 Å². The lowest BCUT2D eigenvalue weighted by molar-refractivity contribution is -0.118. The number of allylic oxidation sites excluding steroid dienone is 2. The number of carbonyl (C=O) groups is 2. The van der Waals surface area contributed by atoms with Crippen molar-refractivity contribution in [3.63, 3.8) is 0 Å². The van der Waals surface area contributed by atoms with Crippen LogP contribution in [0.15, 0.2) is 36.0 Å². The number of likely N-dealkylation sites (tertiary alicyclic amines) is 1. The summed E-state index contributed by atoms with van der Waals surface area (Å²) in [6, 6.07) is 8.60. The van der Waals surface area contributed by atoms with Gasteiger partial charge in [-0.05, 0) is 77.2 Å². The standard InChI is InChI=1S/C34H50N2O2/c1-31(2,3)23-13-11-22(12-14-23)29(32(4,5)6)35-30(38)36-21-25-26-10-9-17-33(26,7)18-16-27(25)34(8)19-15-24(37)20-28(34)36/h11-14,20,25-27,29H,9-10,15-19,21H2,1-8H3,(H,35,38)/t25-,26-,27-,29?,33-,34+/m0/s1. The average Bonchev–Trinajstić information content (AvgIpc) is 3.23. The molecule has 1 heterocycles. The van der Waals surface area contributed by atoms with Gasteiger partial charge in [-0.3, -0.25) is 9.69 Å². The van der Waals surface area contributed by atoms with E-state index in [0.29, 0.717) is 29.6 Å². The zero-order valence-electron chi connectivity index (χ0n) is 25.1. The number of urea groups is 1. The first-order valence-electron chi connectivity index (χ1n) is 15.1. The fourth-order valence-corrected chi connectivity index (χ4v) is 8.67. The van der Waals surface area contributed by atoms with Crippen LogP contribution in [0.25, 0.3) is 0 Å². The molecule has 3 aliphatic carbocycles. The van der Waals surface area contributed by atoms with Crippen LogP contribution in [0.3, 0.4) is 0 Å². The number of carbonyl (C=O) groups excluding carboxylic acids is 2. The maximum atomic E-state index is 14.3. The van der Waals surface area contributed by atoms with E-state index < -0.39 is 0 Å². The first-order valence-corrected chi connectivity index (χ1v) is 15.1. The van der Waals surface area contributed by atoms with Gasteiger partial charge in [-0.2, -0.15) is 0 Å². The van der Waals surface area contributed by atoms with Gasteiger partial charge in [0, 0.05) is 30.2 Å². The van der Waals surface area contributed by atoms with Crippen molar-refractivity contribution < 1.29 is 9.59 Å². The number of hydrogen-bond acceptors (Lipinski definition) is 2. The van der Waals surface area contributed by atoms with Crippen LogP contribution in [0.1, 0.15) is 118 Å². The average molecular weight is 519 g/mol. The van der Waals surface area contributed by atoms with E-state index in [1.165, 1.54) is 37.7 Å². The van der Waals surface area contributed by atoms with Gasteiger partial charge in [-0.15, -0.1) is 0 Å². The molecule has 4 heteroatoms. The SMILES string of the molecule is CC(C)(C)c1ccc(C(NC(=O)N2C[C@H]3[C@@H]4CCC[C@@]4(C)CC[C@@H]3[C@@]3(C)CCC(=O)C=C23)C(C)(C)C)cc1. The van der Waals surface area contributed by atoms with Crippen molar-refractivity contribution in [2.45, 2.75) is 112 Å². The maximum Gasteiger partial charge on any atom is 0.322 e. The number of rotatable bonds is 2. The van der Waals surface area contributed by atoms with E-state index in [0.717, 1.165) is 24.2 Å². The van der Waals surface area contributed by atoms with Gasteiger partial charge in [0.15, 0.2) is 5.78 Å². The normalized spacial score (nSPS) is 34.1. The Balaban J connectivity index is 1.48. The number of ketones is 1. The zero-order chi connectivity index (χ0) is 27.7. The summed E-state index contributed by atoms with van der Waals surface area (Å²) in [6.45, 7) is 18.9. The summed E-state index contributed by atoms with van der Waals surface area (Å²) in [4.78, 5) is 29.0. The van der Waals surface area contributed by atoms with Crippen LogP contribution in [-0.4, -0.2) is 23.3 Å². The lowest BCUT2D eigenvalue weighted by Crippen LogP contribution is -2.60. The fourth-order valence-electron chi connectivity index (χ4n) is 8.67. The van der Waals surface area contributed by atoms with E-state index in [4.69, 9.17) is 0 Å². The number of hydrogen-bond donors (Lipinski definition) is 1. The first kappa shape index (κ1) is 27.5. The van der Waals surface area contributed by atoms with Crippen LogP contribution in [-0.2, 0) is 10.2 Å². The summed E-state index contributed by atoms with van der Waals surface area (Å²) in [7, 11) is 0. The van der Waals surface area contributed by atoms with Crippen molar-refractivity contribution in [3.8, 4) is 0 Å². The summed E-state index contributed by atoms with van der Waals surface area (Å²) in [5, 5.41) is 3.47. The maximum absolute atomic E-state index is 14.3. The Morgan fingerprint density at radius 2 is 1.66 bits per heavy atom. The molecule has 1 saturated heterocycles. The highest BCUT2D eigenvalue weighted by atomic mass is 16.2. The Morgan fingerprint density at radius 1 is 0.974 bits per heavy atom. The van der Waals surface area contributed by atoms with E-state index in [1.54, 1.807) is 0 Å². The van der Waals surface area contributed by atoms with Crippen LogP contribution in [0.5, 0.6) is 0 Å². The number of nitrogens with zero attached hydrogens (tertiary/aromatic N) is 1. The zero-order valence-corrected chi connectivity index (χ0v) is 25.1. The Hall–Kier alpha value is -2.10. The quantitative estimate of drug-likeness (QED) is 0.429. The molecule has 1 aromatic rings. The second-order valence-corrected chi connectivity index (χ2v) is 15.6. The molecule has 208 valence electrons. The Morgan fingerprint density at radius 3 is 2.29 bits per heavy atom. The molecule has 5 rings (SSSR count).